The van der Waals surface area contributed by atoms with Gasteiger partial charge in [0.25, 0.3) is 0 Å². The fourth-order valence-electron chi connectivity index (χ4n) is 4.97. The fraction of sp³-hybridized carbons (Fsp3) is 0.304. The molecule has 8 nitrogen and oxygen atoms in total. The minimum atomic E-state index is -0.384. The largest absolute Gasteiger partial charge is 0.346 e. The van der Waals surface area contributed by atoms with Crippen LogP contribution in [0.1, 0.15) is 30.7 Å². The Bertz CT molecular complexity index is 1180. The highest BCUT2D eigenvalue weighted by molar-refractivity contribution is 6.08. The second kappa shape index (κ2) is 6.66. The van der Waals surface area contributed by atoms with Crippen molar-refractivity contribution in [3.63, 3.8) is 0 Å². The second-order valence-corrected chi connectivity index (χ2v) is 8.40. The number of aromatic nitrogens is 2. The predicted octanol–water partition coefficient (Wildman–Crippen LogP) is 1.40. The van der Waals surface area contributed by atoms with Crippen LogP contribution in [0.4, 0.5) is 0 Å². The van der Waals surface area contributed by atoms with Crippen LogP contribution in [-0.4, -0.2) is 50.7 Å². The number of carbonyl (C=O) groups excluding carboxylic acids is 2. The monoisotopic (exact) mass is 414 g/mol. The summed E-state index contributed by atoms with van der Waals surface area (Å²) < 4.78 is 2.07. The van der Waals surface area contributed by atoms with Crippen LogP contribution in [0, 0.1) is 0 Å². The zero-order valence-electron chi connectivity index (χ0n) is 17.1. The van der Waals surface area contributed by atoms with E-state index in [1.165, 1.54) is 5.56 Å². The molecule has 3 unspecified atom stereocenters. The van der Waals surface area contributed by atoms with Gasteiger partial charge in [0.1, 0.15) is 11.9 Å². The number of fused-ring (bicyclic) bond motifs is 2. The molecule has 1 aromatic heterocycles. The van der Waals surface area contributed by atoms with Crippen LogP contribution in [0.2, 0.25) is 0 Å². The Hall–Kier alpha value is -3.68. The molecule has 0 bridgehead atoms. The highest BCUT2D eigenvalue weighted by Crippen LogP contribution is 2.39. The van der Waals surface area contributed by atoms with Crippen molar-refractivity contribution in [2.45, 2.75) is 37.9 Å². The van der Waals surface area contributed by atoms with Gasteiger partial charge >= 0.3 is 0 Å². The molecule has 8 heteroatoms. The van der Waals surface area contributed by atoms with Crippen molar-refractivity contribution in [3.05, 3.63) is 71.5 Å². The first-order valence-corrected chi connectivity index (χ1v) is 10.5. The molecule has 4 aliphatic heterocycles. The number of benzene rings is 1. The molecule has 0 aliphatic carbocycles. The average Bonchev–Trinajstić information content (AvgIpc) is 3.39. The summed E-state index contributed by atoms with van der Waals surface area (Å²) in [6.45, 7) is 3.20. The van der Waals surface area contributed by atoms with Crippen molar-refractivity contribution in [3.8, 4) is 0 Å². The van der Waals surface area contributed by atoms with Gasteiger partial charge < -0.3 is 20.1 Å². The number of allylic oxidation sites excluding steroid dienone is 2. The molecule has 2 saturated heterocycles. The number of rotatable bonds is 2. The van der Waals surface area contributed by atoms with Crippen molar-refractivity contribution in [2.75, 3.05) is 6.54 Å². The third-order valence-electron chi connectivity index (χ3n) is 6.58. The van der Waals surface area contributed by atoms with E-state index in [-0.39, 0.29) is 29.8 Å². The molecule has 4 aliphatic rings. The van der Waals surface area contributed by atoms with Gasteiger partial charge in [-0.25, -0.2) is 4.98 Å². The molecule has 156 valence electrons. The quantitative estimate of drug-likeness (QED) is 0.727. The number of β-lactam (4-membered cyclic amide) rings is 1. The van der Waals surface area contributed by atoms with Crippen molar-refractivity contribution in [1.29, 1.82) is 0 Å². The number of amidine groups is 1. The van der Waals surface area contributed by atoms with Gasteiger partial charge in [-0.2, -0.15) is 0 Å². The minimum Gasteiger partial charge on any atom is -0.346 e. The van der Waals surface area contributed by atoms with Crippen LogP contribution in [0.5, 0.6) is 0 Å². The molecule has 1 aromatic carbocycles. The van der Waals surface area contributed by atoms with Crippen LogP contribution >= 0.6 is 0 Å². The summed E-state index contributed by atoms with van der Waals surface area (Å²) in [5.41, 5.74) is 4.08. The highest BCUT2D eigenvalue weighted by Gasteiger charge is 2.47. The molecule has 0 saturated carbocycles. The Morgan fingerprint density at radius 2 is 1.94 bits per heavy atom. The van der Waals surface area contributed by atoms with Crippen LogP contribution in [-0.2, 0) is 16.1 Å². The number of amides is 2. The lowest BCUT2D eigenvalue weighted by molar-refractivity contribution is -0.125. The Kier molecular flexibility index (Phi) is 3.89. The normalized spacial score (nSPS) is 29.3. The van der Waals surface area contributed by atoms with Gasteiger partial charge in [-0.1, -0.05) is 30.3 Å². The van der Waals surface area contributed by atoms with E-state index in [2.05, 4.69) is 43.3 Å². The number of imidazole rings is 1. The van der Waals surface area contributed by atoms with E-state index in [1.54, 1.807) is 6.20 Å². The van der Waals surface area contributed by atoms with E-state index in [9.17, 15) is 9.59 Å². The first-order chi connectivity index (χ1) is 15.1. The standard InChI is InChI=1S/C23H22N6O2/c1-13-23(31)27-21-20(16(11-25-21)14-5-3-2-4-6-14)29(13)18-9-15(17-10-19(30)26-17)12-28-8-7-24-22(18)28/h2-9,13,16,20H,10-12H2,1H3,(H,26,30)(H,25,27,31). The molecule has 0 radical (unpaired) electrons. The van der Waals surface area contributed by atoms with Gasteiger partial charge in [0.2, 0.25) is 11.8 Å². The number of nitrogens with one attached hydrogen (secondary N) is 2. The average molecular weight is 414 g/mol. The summed E-state index contributed by atoms with van der Waals surface area (Å²) in [4.78, 5) is 35.8. The first kappa shape index (κ1) is 18.1. The SMILES string of the molecule is CC1C(=O)NC2=NCC(c3ccccc3)C2N1C1=CC(=C2CC(=O)N2)Cn2ccnc21. The van der Waals surface area contributed by atoms with Gasteiger partial charge in [-0.3, -0.25) is 14.6 Å². The molecule has 31 heavy (non-hydrogen) atoms. The molecule has 5 heterocycles. The van der Waals surface area contributed by atoms with Crippen molar-refractivity contribution in [2.24, 2.45) is 4.99 Å². The summed E-state index contributed by atoms with van der Waals surface area (Å²) in [6.07, 6.45) is 6.23. The zero-order valence-corrected chi connectivity index (χ0v) is 17.1. The Labute approximate surface area is 179 Å². The number of aliphatic imine (C=N–C) groups is 1. The van der Waals surface area contributed by atoms with E-state index >= 15 is 0 Å². The maximum atomic E-state index is 12.9. The molecular weight excluding hydrogens is 392 g/mol. The summed E-state index contributed by atoms with van der Waals surface area (Å²) in [5, 5.41) is 5.92. The summed E-state index contributed by atoms with van der Waals surface area (Å²) >= 11 is 0. The molecule has 2 fully saturated rings. The van der Waals surface area contributed by atoms with Crippen LogP contribution in [0.25, 0.3) is 5.70 Å². The van der Waals surface area contributed by atoms with Crippen molar-refractivity contribution >= 4 is 23.3 Å². The minimum absolute atomic E-state index is 0.0361. The topological polar surface area (TPSA) is 91.6 Å². The molecule has 2 amide bonds. The molecule has 2 aromatic rings. The zero-order chi connectivity index (χ0) is 21.1. The van der Waals surface area contributed by atoms with E-state index in [4.69, 9.17) is 4.99 Å². The van der Waals surface area contributed by atoms with Crippen LogP contribution < -0.4 is 10.6 Å². The number of hydrogen-bond acceptors (Lipinski definition) is 5. The second-order valence-electron chi connectivity index (χ2n) is 8.40. The van der Waals surface area contributed by atoms with Gasteiger partial charge in [-0.05, 0) is 24.1 Å². The van der Waals surface area contributed by atoms with E-state index in [0.29, 0.717) is 25.3 Å². The number of piperazine rings is 1. The smallest absolute Gasteiger partial charge is 0.247 e. The number of carbonyl (C=O) groups is 2. The Morgan fingerprint density at radius 1 is 1.13 bits per heavy atom. The lowest BCUT2D eigenvalue weighted by atomic mass is 9.88. The lowest BCUT2D eigenvalue weighted by Gasteiger charge is -2.44. The van der Waals surface area contributed by atoms with Crippen molar-refractivity contribution < 1.29 is 9.59 Å². The van der Waals surface area contributed by atoms with Gasteiger partial charge in [0.05, 0.1) is 31.2 Å². The van der Waals surface area contributed by atoms with E-state index in [1.807, 2.05) is 31.3 Å². The molecule has 6 rings (SSSR count). The van der Waals surface area contributed by atoms with E-state index < -0.39 is 0 Å². The fourth-order valence-corrected chi connectivity index (χ4v) is 4.97. The van der Waals surface area contributed by atoms with Crippen LogP contribution in [0.15, 0.2) is 65.1 Å². The molecule has 0 spiro atoms. The maximum Gasteiger partial charge on any atom is 0.247 e. The van der Waals surface area contributed by atoms with Gasteiger partial charge in [-0.15, -0.1) is 0 Å². The lowest BCUT2D eigenvalue weighted by Crippen LogP contribution is -2.62. The predicted molar refractivity (Wildman–Crippen MR) is 115 cm³/mol. The van der Waals surface area contributed by atoms with Gasteiger partial charge in [0, 0.05) is 24.0 Å². The first-order valence-electron chi connectivity index (χ1n) is 10.5. The van der Waals surface area contributed by atoms with Crippen molar-refractivity contribution in [1.82, 2.24) is 25.1 Å². The summed E-state index contributed by atoms with van der Waals surface area (Å²) in [6, 6.07) is 9.85. The molecule has 2 N–H and O–H groups in total. The highest BCUT2D eigenvalue weighted by atomic mass is 16.2. The summed E-state index contributed by atoms with van der Waals surface area (Å²) in [7, 11) is 0. The Balaban J connectivity index is 1.48. The Morgan fingerprint density at radius 3 is 2.71 bits per heavy atom. The van der Waals surface area contributed by atoms with E-state index in [0.717, 1.165) is 22.8 Å². The third-order valence-corrected chi connectivity index (χ3v) is 6.58. The van der Waals surface area contributed by atoms with Crippen LogP contribution in [0.3, 0.4) is 0 Å². The van der Waals surface area contributed by atoms with Gasteiger partial charge in [0.15, 0.2) is 5.82 Å². The maximum absolute atomic E-state index is 12.9. The third kappa shape index (κ3) is 2.74. The summed E-state index contributed by atoms with van der Waals surface area (Å²) in [5.74, 6) is 1.64. The molecular formula is C23H22N6O2. The number of hydrogen-bond donors (Lipinski definition) is 2. The molecule has 3 atom stereocenters. The number of nitrogens with zero attached hydrogens (tertiary/aromatic N) is 4.